The van der Waals surface area contributed by atoms with Crippen molar-refractivity contribution in [2.45, 2.75) is 66.0 Å². The maximum atomic E-state index is 13.0. The minimum Gasteiger partial charge on any atom is -0.456 e. The molecule has 0 spiro atoms. The standard InChI is InChI=1S/C30H33N3O4/c1-8-15-33(20-12-9-18(10-13-20)28(36)37-30(5,6)7)24-14-11-19-16-23-22(17-21(19)24)27(35)32-26(31-23)25(34)29(2,3)4/h1,9-10,12-13,16-17,24H,11,14-15H2,2-7H3,(H,31,32,35). The lowest BCUT2D eigenvalue weighted by molar-refractivity contribution is 0.00694. The van der Waals surface area contributed by atoms with Crippen LogP contribution in [0, 0.1) is 17.8 Å². The highest BCUT2D eigenvalue weighted by atomic mass is 16.6. The first-order valence-electron chi connectivity index (χ1n) is 12.4. The third kappa shape index (κ3) is 5.43. The molecule has 0 radical (unpaired) electrons. The molecule has 0 fully saturated rings. The molecule has 7 nitrogen and oxygen atoms in total. The van der Waals surface area contributed by atoms with Crippen LogP contribution in [0.3, 0.4) is 0 Å². The summed E-state index contributed by atoms with van der Waals surface area (Å²) in [4.78, 5) is 47.4. The van der Waals surface area contributed by atoms with Crippen LogP contribution < -0.4 is 10.5 Å². The number of Topliss-reactive ketones (excluding diaryl/α,β-unsaturated/α-hetero) is 1. The van der Waals surface area contributed by atoms with Gasteiger partial charge in [-0.1, -0.05) is 26.7 Å². The van der Waals surface area contributed by atoms with Crippen molar-refractivity contribution in [1.29, 1.82) is 0 Å². The smallest absolute Gasteiger partial charge is 0.338 e. The fourth-order valence-corrected chi connectivity index (χ4v) is 4.61. The number of benzene rings is 2. The molecule has 1 aromatic heterocycles. The summed E-state index contributed by atoms with van der Waals surface area (Å²) < 4.78 is 5.47. The summed E-state index contributed by atoms with van der Waals surface area (Å²) in [6, 6.07) is 11.0. The van der Waals surface area contributed by atoms with Crippen molar-refractivity contribution >= 4 is 28.3 Å². The summed E-state index contributed by atoms with van der Waals surface area (Å²) in [6.45, 7) is 11.3. The van der Waals surface area contributed by atoms with Crippen LogP contribution in [0.5, 0.6) is 0 Å². The van der Waals surface area contributed by atoms with Crippen LogP contribution in [0.4, 0.5) is 5.69 Å². The number of nitrogens with zero attached hydrogens (tertiary/aromatic N) is 2. The molecular weight excluding hydrogens is 466 g/mol. The SMILES string of the molecule is C#CCN(c1ccc(C(=O)OC(C)(C)C)cc1)C1CCc2cc3nc(C(=O)C(C)(C)C)[nH]c(=O)c3cc21. The van der Waals surface area contributed by atoms with Crippen molar-refractivity contribution in [3.05, 3.63) is 69.3 Å². The number of carbonyl (C=O) groups excluding carboxylic acids is 2. The minimum atomic E-state index is -0.653. The number of aromatic nitrogens is 2. The summed E-state index contributed by atoms with van der Waals surface area (Å²) in [5, 5.41) is 0.442. The molecule has 0 bridgehead atoms. The van der Waals surface area contributed by atoms with E-state index < -0.39 is 11.0 Å². The van der Waals surface area contributed by atoms with Gasteiger partial charge in [0.15, 0.2) is 5.82 Å². The average molecular weight is 500 g/mol. The Morgan fingerprint density at radius 1 is 1.14 bits per heavy atom. The van der Waals surface area contributed by atoms with Crippen molar-refractivity contribution < 1.29 is 14.3 Å². The van der Waals surface area contributed by atoms with Gasteiger partial charge >= 0.3 is 5.97 Å². The predicted molar refractivity (Wildman–Crippen MR) is 145 cm³/mol. The number of fused-ring (bicyclic) bond motifs is 2. The van der Waals surface area contributed by atoms with Crippen LogP contribution in [0.25, 0.3) is 10.9 Å². The Morgan fingerprint density at radius 3 is 2.41 bits per heavy atom. The van der Waals surface area contributed by atoms with Crippen molar-refractivity contribution in [3.8, 4) is 12.3 Å². The quantitative estimate of drug-likeness (QED) is 0.293. The van der Waals surface area contributed by atoms with Crippen LogP contribution in [-0.4, -0.2) is 33.9 Å². The van der Waals surface area contributed by atoms with Gasteiger partial charge in [0.05, 0.1) is 29.1 Å². The molecule has 1 aliphatic carbocycles. The third-order valence-electron chi connectivity index (χ3n) is 6.38. The number of H-pyrrole nitrogens is 1. The highest BCUT2D eigenvalue weighted by molar-refractivity contribution is 5.98. The molecule has 0 saturated heterocycles. The number of anilines is 1. The Kier molecular flexibility index (Phi) is 6.72. The van der Waals surface area contributed by atoms with Crippen molar-refractivity contribution in [2.75, 3.05) is 11.4 Å². The second-order valence-corrected chi connectivity index (χ2v) is 11.5. The zero-order chi connectivity index (χ0) is 27.1. The largest absolute Gasteiger partial charge is 0.456 e. The van der Waals surface area contributed by atoms with E-state index in [1.807, 2.05) is 45.0 Å². The van der Waals surface area contributed by atoms with Crippen molar-refractivity contribution in [1.82, 2.24) is 9.97 Å². The first kappa shape index (κ1) is 26.2. The molecule has 1 unspecified atom stereocenters. The number of hydrogen-bond donors (Lipinski definition) is 1. The van der Waals surface area contributed by atoms with E-state index in [9.17, 15) is 14.4 Å². The van der Waals surface area contributed by atoms with E-state index in [-0.39, 0.29) is 29.2 Å². The highest BCUT2D eigenvalue weighted by Gasteiger charge is 2.30. The maximum absolute atomic E-state index is 13.0. The van der Waals surface area contributed by atoms with Gasteiger partial charge in [-0.2, -0.15) is 0 Å². The van der Waals surface area contributed by atoms with Gasteiger partial charge in [-0.25, -0.2) is 9.78 Å². The first-order valence-corrected chi connectivity index (χ1v) is 12.4. The molecule has 4 rings (SSSR count). The summed E-state index contributed by atoms with van der Waals surface area (Å²) in [6.07, 6.45) is 7.34. The number of ketones is 1. The Balaban J connectivity index is 1.69. The maximum Gasteiger partial charge on any atom is 0.338 e. The Labute approximate surface area is 217 Å². The van der Waals surface area contributed by atoms with E-state index >= 15 is 0 Å². The van der Waals surface area contributed by atoms with E-state index in [0.29, 0.717) is 23.0 Å². The summed E-state index contributed by atoms with van der Waals surface area (Å²) >= 11 is 0. The number of aryl methyl sites for hydroxylation is 1. The average Bonchev–Trinajstić information content (AvgIpc) is 3.21. The number of carbonyl (C=O) groups is 2. The number of rotatable bonds is 5. The Morgan fingerprint density at radius 2 is 1.81 bits per heavy atom. The Bertz CT molecular complexity index is 1460. The minimum absolute atomic E-state index is 0.0434. The van der Waals surface area contributed by atoms with Crippen molar-refractivity contribution in [3.63, 3.8) is 0 Å². The van der Waals surface area contributed by atoms with Gasteiger partial charge < -0.3 is 14.6 Å². The predicted octanol–water partition coefficient (Wildman–Crippen LogP) is 5.23. The molecule has 0 saturated carbocycles. The van der Waals surface area contributed by atoms with Gasteiger partial charge in [0.1, 0.15) is 5.60 Å². The topological polar surface area (TPSA) is 92.4 Å². The molecular formula is C30H33N3O4. The van der Waals surface area contributed by atoms with Crippen LogP contribution in [0.15, 0.2) is 41.2 Å². The van der Waals surface area contributed by atoms with Crippen molar-refractivity contribution in [2.24, 2.45) is 5.41 Å². The number of nitrogens with one attached hydrogen (secondary N) is 1. The second kappa shape index (κ2) is 9.51. The molecule has 192 valence electrons. The van der Waals surface area contributed by atoms with E-state index in [0.717, 1.165) is 29.7 Å². The fourth-order valence-electron chi connectivity index (χ4n) is 4.61. The van der Waals surface area contributed by atoms with Gasteiger partial charge in [-0.3, -0.25) is 9.59 Å². The van der Waals surface area contributed by atoms with Gasteiger partial charge in [0.2, 0.25) is 5.78 Å². The number of ether oxygens (including phenoxy) is 1. The number of terminal acetylenes is 1. The molecule has 1 aliphatic rings. The van der Waals surface area contributed by atoms with E-state index in [2.05, 4.69) is 20.8 Å². The number of hydrogen-bond acceptors (Lipinski definition) is 6. The van der Waals surface area contributed by atoms with Gasteiger partial charge in [0.25, 0.3) is 5.56 Å². The van der Waals surface area contributed by atoms with Crippen LogP contribution in [0.2, 0.25) is 0 Å². The number of aromatic amines is 1. The molecule has 37 heavy (non-hydrogen) atoms. The van der Waals surface area contributed by atoms with Crippen LogP contribution in [-0.2, 0) is 11.2 Å². The summed E-state index contributed by atoms with van der Waals surface area (Å²) in [7, 11) is 0. The molecule has 7 heteroatoms. The molecule has 0 amide bonds. The van der Waals surface area contributed by atoms with Gasteiger partial charge in [-0.15, -0.1) is 6.42 Å². The third-order valence-corrected chi connectivity index (χ3v) is 6.38. The fraction of sp³-hybridized carbons (Fsp3) is 0.400. The Hall–Kier alpha value is -3.92. The molecule has 1 atom stereocenters. The first-order chi connectivity index (χ1) is 17.3. The monoisotopic (exact) mass is 499 g/mol. The lowest BCUT2D eigenvalue weighted by atomic mass is 9.90. The normalized spacial score (nSPS) is 15.2. The highest BCUT2D eigenvalue weighted by Crippen LogP contribution is 2.39. The molecule has 3 aromatic rings. The van der Waals surface area contributed by atoms with Crippen LogP contribution >= 0.6 is 0 Å². The van der Waals surface area contributed by atoms with Gasteiger partial charge in [-0.05, 0) is 81.1 Å². The van der Waals surface area contributed by atoms with E-state index in [1.54, 1.807) is 32.9 Å². The second-order valence-electron chi connectivity index (χ2n) is 11.5. The van der Waals surface area contributed by atoms with E-state index in [1.165, 1.54) is 0 Å². The lowest BCUT2D eigenvalue weighted by Crippen LogP contribution is -2.28. The summed E-state index contributed by atoms with van der Waals surface area (Å²) in [5.41, 5.74) is 2.39. The zero-order valence-corrected chi connectivity index (χ0v) is 22.3. The number of esters is 1. The molecule has 2 aromatic carbocycles. The molecule has 0 aliphatic heterocycles. The van der Waals surface area contributed by atoms with E-state index in [4.69, 9.17) is 11.2 Å². The molecule has 1 N–H and O–H groups in total. The van der Waals surface area contributed by atoms with Crippen LogP contribution in [0.1, 0.15) is 86.1 Å². The zero-order valence-electron chi connectivity index (χ0n) is 22.3. The van der Waals surface area contributed by atoms with Gasteiger partial charge in [0, 0.05) is 11.1 Å². The summed E-state index contributed by atoms with van der Waals surface area (Å²) in [5.74, 6) is 2.24. The lowest BCUT2D eigenvalue weighted by Gasteiger charge is -2.30. The molecule has 1 heterocycles.